The number of methoxy groups -OCH3 is 1. The highest BCUT2D eigenvalue weighted by Crippen LogP contribution is 2.27. The van der Waals surface area contributed by atoms with Gasteiger partial charge in [-0.2, -0.15) is 0 Å². The number of hydrogen-bond acceptors (Lipinski definition) is 5. The normalized spacial score (nSPS) is 14.1. The van der Waals surface area contributed by atoms with Crippen molar-refractivity contribution in [3.05, 3.63) is 125 Å². The number of rotatable bonds is 13. The maximum atomic E-state index is 14.7. The van der Waals surface area contributed by atoms with E-state index in [9.17, 15) is 18.0 Å². The number of nitrogens with zero attached hydrogens (tertiary/aromatic N) is 2. The molecule has 1 atom stereocenters. The quantitative estimate of drug-likeness (QED) is 0.174. The lowest BCUT2D eigenvalue weighted by Gasteiger charge is -2.35. The highest BCUT2D eigenvalue weighted by Gasteiger charge is 2.35. The molecule has 0 heterocycles. The summed E-state index contributed by atoms with van der Waals surface area (Å²) in [5.74, 6) is -0.117. The van der Waals surface area contributed by atoms with Gasteiger partial charge >= 0.3 is 0 Å². The lowest BCUT2D eigenvalue weighted by molar-refractivity contribution is -0.140. The molecule has 0 bridgehead atoms. The smallest absolute Gasteiger partial charge is 0.264 e. The van der Waals surface area contributed by atoms with Crippen LogP contribution in [0.2, 0.25) is 0 Å². The summed E-state index contributed by atoms with van der Waals surface area (Å²) in [6, 6.07) is 29.8. The second-order valence-corrected chi connectivity index (χ2v) is 14.4. The Morgan fingerprint density at radius 3 is 2.08 bits per heavy atom. The molecule has 1 saturated carbocycles. The van der Waals surface area contributed by atoms with Gasteiger partial charge in [-0.15, -0.1) is 0 Å². The summed E-state index contributed by atoms with van der Waals surface area (Å²) in [7, 11) is -2.58. The fourth-order valence-electron chi connectivity index (χ4n) is 6.14. The number of benzene rings is 4. The average Bonchev–Trinajstić information content (AvgIpc) is 3.10. The van der Waals surface area contributed by atoms with E-state index >= 15 is 0 Å². The van der Waals surface area contributed by atoms with Crippen LogP contribution in [0.15, 0.2) is 108 Å². The van der Waals surface area contributed by atoms with E-state index in [1.807, 2.05) is 80.6 Å². The Morgan fingerprint density at radius 1 is 0.812 bits per heavy atom. The van der Waals surface area contributed by atoms with Crippen LogP contribution in [0, 0.1) is 13.8 Å². The molecule has 0 spiro atoms. The Labute approximate surface area is 284 Å². The number of ether oxygens (including phenoxy) is 1. The fourth-order valence-corrected chi connectivity index (χ4v) is 7.56. The summed E-state index contributed by atoms with van der Waals surface area (Å²) in [5, 5.41) is 3.25. The molecule has 4 aromatic carbocycles. The van der Waals surface area contributed by atoms with Gasteiger partial charge in [0, 0.05) is 19.0 Å². The highest BCUT2D eigenvalue weighted by atomic mass is 32.2. The van der Waals surface area contributed by atoms with Crippen molar-refractivity contribution >= 4 is 27.5 Å². The van der Waals surface area contributed by atoms with Crippen molar-refractivity contribution in [2.45, 2.75) is 75.9 Å². The van der Waals surface area contributed by atoms with Crippen molar-refractivity contribution in [3.63, 3.8) is 0 Å². The molecular weight excluding hydrogens is 623 g/mol. The van der Waals surface area contributed by atoms with E-state index in [4.69, 9.17) is 4.74 Å². The Balaban J connectivity index is 1.57. The van der Waals surface area contributed by atoms with Gasteiger partial charge in [0.2, 0.25) is 11.8 Å². The van der Waals surface area contributed by atoms with Gasteiger partial charge in [0.15, 0.2) is 0 Å². The molecule has 4 aromatic rings. The number of anilines is 1. The molecule has 1 aliphatic rings. The zero-order valence-electron chi connectivity index (χ0n) is 28.0. The molecule has 2 amide bonds. The molecule has 8 nitrogen and oxygen atoms in total. The van der Waals surface area contributed by atoms with Crippen molar-refractivity contribution in [1.82, 2.24) is 10.2 Å². The first-order valence-electron chi connectivity index (χ1n) is 16.6. The number of sulfonamides is 1. The maximum Gasteiger partial charge on any atom is 0.264 e. The molecule has 252 valence electrons. The highest BCUT2D eigenvalue weighted by molar-refractivity contribution is 7.92. The lowest BCUT2D eigenvalue weighted by Crippen LogP contribution is -2.55. The number of amides is 2. The van der Waals surface area contributed by atoms with Crippen molar-refractivity contribution in [2.75, 3.05) is 18.0 Å². The molecule has 0 aliphatic heterocycles. The molecule has 0 radical (unpaired) electrons. The van der Waals surface area contributed by atoms with E-state index in [0.717, 1.165) is 58.7 Å². The Bertz CT molecular complexity index is 1770. The van der Waals surface area contributed by atoms with Gasteiger partial charge in [0.1, 0.15) is 18.3 Å². The minimum atomic E-state index is -4.16. The van der Waals surface area contributed by atoms with Gasteiger partial charge in [-0.1, -0.05) is 97.1 Å². The predicted octanol–water partition coefficient (Wildman–Crippen LogP) is 6.60. The number of carbonyl (C=O) groups is 2. The first-order valence-corrected chi connectivity index (χ1v) is 18.0. The molecule has 9 heteroatoms. The molecular formula is C39H45N3O5S. The van der Waals surface area contributed by atoms with Gasteiger partial charge in [-0.25, -0.2) is 8.42 Å². The summed E-state index contributed by atoms with van der Waals surface area (Å²) >= 11 is 0. The summed E-state index contributed by atoms with van der Waals surface area (Å²) in [4.78, 5) is 30.6. The molecule has 1 fully saturated rings. The van der Waals surface area contributed by atoms with Crippen LogP contribution >= 0.6 is 0 Å². The summed E-state index contributed by atoms with van der Waals surface area (Å²) in [5.41, 5.74) is 3.90. The van der Waals surface area contributed by atoms with E-state index in [1.54, 1.807) is 43.5 Å². The SMILES string of the molecule is COc1cccc(CN(C(=O)CN(c2ccc(C)cc2)S(=O)(=O)c2ccc(C)cc2)[C@@H](Cc2ccccc2)C(=O)NC2CCCCC2)c1. The summed E-state index contributed by atoms with van der Waals surface area (Å²) in [6.07, 6.45) is 5.29. The number of carbonyl (C=O) groups excluding carboxylic acids is 2. The van der Waals surface area contributed by atoms with Crippen LogP contribution in [-0.2, 0) is 32.6 Å². The third-order valence-corrected chi connectivity index (χ3v) is 10.7. The van der Waals surface area contributed by atoms with Crippen LogP contribution in [0.4, 0.5) is 5.69 Å². The van der Waals surface area contributed by atoms with Crippen LogP contribution in [0.1, 0.15) is 54.4 Å². The number of nitrogens with one attached hydrogen (secondary N) is 1. The zero-order chi connectivity index (χ0) is 34.1. The van der Waals surface area contributed by atoms with Crippen LogP contribution in [-0.4, -0.2) is 50.9 Å². The standard InChI is InChI=1S/C39H45N3O5S/c1-29-17-21-34(22-18-29)42(48(45,46)36-23-19-30(2)20-24-36)28-38(43)41(27-32-13-10-16-35(25-32)47-3)37(26-31-11-6-4-7-12-31)39(44)40-33-14-8-5-9-15-33/h4,6-7,10-13,16-25,33,37H,5,8-9,14-15,26-28H2,1-3H3,(H,40,44)/t37-/m0/s1. The zero-order valence-corrected chi connectivity index (χ0v) is 28.8. The van der Waals surface area contributed by atoms with Crippen molar-refractivity contribution < 1.29 is 22.7 Å². The molecule has 48 heavy (non-hydrogen) atoms. The third-order valence-electron chi connectivity index (χ3n) is 8.92. The minimum absolute atomic E-state index is 0.0317. The second-order valence-electron chi connectivity index (χ2n) is 12.6. The van der Waals surface area contributed by atoms with Gasteiger partial charge in [-0.3, -0.25) is 13.9 Å². The largest absolute Gasteiger partial charge is 0.497 e. The maximum absolute atomic E-state index is 14.7. The van der Waals surface area contributed by atoms with Crippen LogP contribution in [0.5, 0.6) is 5.75 Å². The molecule has 1 aliphatic carbocycles. The second kappa shape index (κ2) is 16.0. The molecule has 5 rings (SSSR count). The van der Waals surface area contributed by atoms with Gasteiger partial charge < -0.3 is 15.0 Å². The number of hydrogen-bond donors (Lipinski definition) is 1. The molecule has 1 N–H and O–H groups in total. The molecule has 0 unspecified atom stereocenters. The van der Waals surface area contributed by atoms with E-state index in [-0.39, 0.29) is 29.8 Å². The Hall–Kier alpha value is -4.63. The van der Waals surface area contributed by atoms with Crippen molar-refractivity contribution in [3.8, 4) is 5.75 Å². The van der Waals surface area contributed by atoms with E-state index in [1.165, 1.54) is 4.90 Å². The molecule has 0 aromatic heterocycles. The first-order chi connectivity index (χ1) is 23.1. The van der Waals surface area contributed by atoms with Crippen molar-refractivity contribution in [2.24, 2.45) is 0 Å². The van der Waals surface area contributed by atoms with Crippen molar-refractivity contribution in [1.29, 1.82) is 0 Å². The first kappa shape index (κ1) is 34.7. The Kier molecular flexibility index (Phi) is 11.5. The summed E-state index contributed by atoms with van der Waals surface area (Å²) in [6.45, 7) is 3.39. The molecule has 0 saturated heterocycles. The van der Waals surface area contributed by atoms with E-state index in [0.29, 0.717) is 11.4 Å². The van der Waals surface area contributed by atoms with Crippen LogP contribution < -0.4 is 14.4 Å². The van der Waals surface area contributed by atoms with Gasteiger partial charge in [0.05, 0.1) is 17.7 Å². The number of aryl methyl sites for hydroxylation is 2. The fraction of sp³-hybridized carbons (Fsp3) is 0.333. The predicted molar refractivity (Wildman–Crippen MR) is 189 cm³/mol. The average molecular weight is 668 g/mol. The lowest BCUT2D eigenvalue weighted by atomic mass is 9.94. The van der Waals surface area contributed by atoms with Gasteiger partial charge in [0.25, 0.3) is 10.0 Å². The van der Waals surface area contributed by atoms with Crippen LogP contribution in [0.3, 0.4) is 0 Å². The topological polar surface area (TPSA) is 96.0 Å². The third kappa shape index (κ3) is 8.83. The van der Waals surface area contributed by atoms with Gasteiger partial charge in [-0.05, 0) is 74.2 Å². The Morgan fingerprint density at radius 2 is 1.44 bits per heavy atom. The summed E-state index contributed by atoms with van der Waals surface area (Å²) < 4.78 is 35.1. The van der Waals surface area contributed by atoms with Crippen LogP contribution in [0.25, 0.3) is 0 Å². The van der Waals surface area contributed by atoms with E-state index < -0.39 is 28.5 Å². The van der Waals surface area contributed by atoms with E-state index in [2.05, 4.69) is 5.32 Å². The monoisotopic (exact) mass is 667 g/mol. The minimum Gasteiger partial charge on any atom is -0.497 e.